The van der Waals surface area contributed by atoms with E-state index in [0.717, 1.165) is 30.3 Å². The molecule has 1 aliphatic carbocycles. The van der Waals surface area contributed by atoms with Gasteiger partial charge in [-0.2, -0.15) is 0 Å². The summed E-state index contributed by atoms with van der Waals surface area (Å²) in [5.74, 6) is 1.40. The molecule has 1 atom stereocenters. The summed E-state index contributed by atoms with van der Waals surface area (Å²) < 4.78 is -0.174. The Morgan fingerprint density at radius 3 is 2.47 bits per heavy atom. The van der Waals surface area contributed by atoms with E-state index < -0.39 is 0 Å². The van der Waals surface area contributed by atoms with E-state index in [2.05, 4.69) is 28.2 Å². The lowest BCUT2D eigenvalue weighted by Crippen LogP contribution is -2.56. The number of alkyl halides is 1. The maximum absolute atomic E-state index is 12.4. The minimum atomic E-state index is -0.174. The van der Waals surface area contributed by atoms with Crippen LogP contribution in [0.4, 0.5) is 0 Å². The standard InChI is InChI=1S/C13H22BrNOS/c1-12(6-5-9-17-12)11(16)15-13(10-14)7-3-2-4-8-13/h2-10H2,1H3,(H,15,16). The highest BCUT2D eigenvalue weighted by atomic mass is 79.9. The van der Waals surface area contributed by atoms with Crippen molar-refractivity contribution in [2.75, 3.05) is 11.1 Å². The molecule has 0 aromatic heterocycles. The highest BCUT2D eigenvalue weighted by Crippen LogP contribution is 2.39. The Bertz CT molecular complexity index is 283. The summed E-state index contributed by atoms with van der Waals surface area (Å²) in [6, 6.07) is 0. The fourth-order valence-corrected chi connectivity index (χ4v) is 4.76. The zero-order chi connectivity index (χ0) is 12.4. The van der Waals surface area contributed by atoms with Gasteiger partial charge in [0, 0.05) is 10.9 Å². The van der Waals surface area contributed by atoms with E-state index in [1.165, 1.54) is 25.7 Å². The van der Waals surface area contributed by atoms with Crippen LogP contribution in [0.2, 0.25) is 0 Å². The third-order valence-corrected chi connectivity index (χ3v) is 6.74. The molecule has 1 heterocycles. The second-order valence-corrected chi connectivity index (χ2v) is 7.77. The second kappa shape index (κ2) is 5.52. The third kappa shape index (κ3) is 3.01. The Kier molecular flexibility index (Phi) is 4.45. The van der Waals surface area contributed by atoms with Crippen molar-refractivity contribution in [2.24, 2.45) is 0 Å². The van der Waals surface area contributed by atoms with E-state index in [-0.39, 0.29) is 16.2 Å². The first kappa shape index (κ1) is 13.7. The van der Waals surface area contributed by atoms with Crippen molar-refractivity contribution in [2.45, 2.75) is 62.2 Å². The number of amides is 1. The van der Waals surface area contributed by atoms with Crippen LogP contribution in [-0.4, -0.2) is 27.3 Å². The molecule has 1 unspecified atom stereocenters. The van der Waals surface area contributed by atoms with Crippen LogP contribution in [0, 0.1) is 0 Å². The summed E-state index contributed by atoms with van der Waals surface area (Å²) in [4.78, 5) is 12.4. The topological polar surface area (TPSA) is 29.1 Å². The van der Waals surface area contributed by atoms with E-state index in [4.69, 9.17) is 0 Å². The number of carbonyl (C=O) groups is 1. The highest BCUT2D eigenvalue weighted by molar-refractivity contribution is 9.09. The Balaban J connectivity index is 2.00. The normalized spacial score (nSPS) is 32.4. The van der Waals surface area contributed by atoms with Gasteiger partial charge in [-0.3, -0.25) is 4.79 Å². The van der Waals surface area contributed by atoms with Crippen LogP contribution >= 0.6 is 27.7 Å². The van der Waals surface area contributed by atoms with Gasteiger partial charge in [-0.05, 0) is 38.4 Å². The van der Waals surface area contributed by atoms with Crippen LogP contribution in [0.3, 0.4) is 0 Å². The zero-order valence-electron chi connectivity index (χ0n) is 10.6. The first-order chi connectivity index (χ1) is 8.10. The maximum atomic E-state index is 12.4. The van der Waals surface area contributed by atoms with Crippen molar-refractivity contribution in [3.05, 3.63) is 0 Å². The summed E-state index contributed by atoms with van der Waals surface area (Å²) in [5, 5.41) is 4.25. The van der Waals surface area contributed by atoms with Crippen LogP contribution < -0.4 is 5.32 Å². The van der Waals surface area contributed by atoms with Gasteiger partial charge in [0.1, 0.15) is 0 Å². The van der Waals surface area contributed by atoms with Gasteiger partial charge in [0.15, 0.2) is 0 Å². The summed E-state index contributed by atoms with van der Waals surface area (Å²) in [6.45, 7) is 2.10. The molecule has 2 aliphatic rings. The fraction of sp³-hybridized carbons (Fsp3) is 0.923. The van der Waals surface area contributed by atoms with Gasteiger partial charge in [-0.25, -0.2) is 0 Å². The molecule has 17 heavy (non-hydrogen) atoms. The third-order valence-electron chi connectivity index (χ3n) is 4.14. The van der Waals surface area contributed by atoms with Gasteiger partial charge in [-0.15, -0.1) is 11.8 Å². The lowest BCUT2D eigenvalue weighted by Gasteiger charge is -2.39. The first-order valence-corrected chi connectivity index (χ1v) is 8.74. The predicted molar refractivity (Wildman–Crippen MR) is 77.8 cm³/mol. The monoisotopic (exact) mass is 319 g/mol. The van der Waals surface area contributed by atoms with Crippen LogP contribution in [0.5, 0.6) is 0 Å². The molecule has 2 nitrogen and oxygen atoms in total. The molecular weight excluding hydrogens is 298 g/mol. The molecule has 1 N–H and O–H groups in total. The van der Waals surface area contributed by atoms with Crippen LogP contribution in [0.25, 0.3) is 0 Å². The number of hydrogen-bond acceptors (Lipinski definition) is 2. The Hall–Kier alpha value is 0.300. The molecule has 0 aromatic rings. The van der Waals surface area contributed by atoms with Crippen molar-refractivity contribution in [1.82, 2.24) is 5.32 Å². The molecule has 0 spiro atoms. The quantitative estimate of drug-likeness (QED) is 0.807. The number of hydrogen-bond donors (Lipinski definition) is 1. The summed E-state index contributed by atoms with van der Waals surface area (Å²) in [5.41, 5.74) is 0.0293. The van der Waals surface area contributed by atoms with Crippen molar-refractivity contribution >= 4 is 33.6 Å². The number of nitrogens with one attached hydrogen (secondary N) is 1. The van der Waals surface area contributed by atoms with Gasteiger partial charge in [0.05, 0.1) is 4.75 Å². The van der Waals surface area contributed by atoms with Gasteiger partial charge in [-0.1, -0.05) is 35.2 Å². The average Bonchev–Trinajstić information content (AvgIpc) is 2.79. The van der Waals surface area contributed by atoms with E-state index in [1.54, 1.807) is 0 Å². The highest BCUT2D eigenvalue weighted by Gasteiger charge is 2.41. The van der Waals surface area contributed by atoms with Crippen molar-refractivity contribution < 1.29 is 4.79 Å². The van der Waals surface area contributed by atoms with Gasteiger partial charge in [0.25, 0.3) is 0 Å². The molecule has 1 amide bonds. The van der Waals surface area contributed by atoms with Crippen molar-refractivity contribution in [3.63, 3.8) is 0 Å². The van der Waals surface area contributed by atoms with E-state index in [0.29, 0.717) is 0 Å². The number of halogens is 1. The molecule has 0 aromatic carbocycles. The molecule has 0 bridgehead atoms. The summed E-state index contributed by atoms with van der Waals surface area (Å²) in [6.07, 6.45) is 8.27. The van der Waals surface area contributed by atoms with Gasteiger partial charge in [0.2, 0.25) is 5.91 Å². The SMILES string of the molecule is CC1(C(=O)NC2(CBr)CCCCC2)CCCS1. The van der Waals surface area contributed by atoms with Crippen molar-refractivity contribution in [1.29, 1.82) is 0 Å². The molecule has 2 fully saturated rings. The average molecular weight is 320 g/mol. The molecular formula is C13H22BrNOS. The first-order valence-electron chi connectivity index (χ1n) is 6.63. The molecule has 1 aliphatic heterocycles. The number of carbonyl (C=O) groups excluding carboxylic acids is 1. The molecule has 4 heteroatoms. The molecule has 1 saturated heterocycles. The molecule has 2 rings (SSSR count). The summed E-state index contributed by atoms with van der Waals surface area (Å²) >= 11 is 5.42. The van der Waals surface area contributed by atoms with E-state index in [9.17, 15) is 4.79 Å². The lowest BCUT2D eigenvalue weighted by atomic mass is 9.83. The zero-order valence-corrected chi connectivity index (χ0v) is 13.0. The molecule has 98 valence electrons. The number of rotatable bonds is 3. The fourth-order valence-electron chi connectivity index (χ4n) is 2.85. The Morgan fingerprint density at radius 1 is 1.24 bits per heavy atom. The Morgan fingerprint density at radius 2 is 1.94 bits per heavy atom. The van der Waals surface area contributed by atoms with Gasteiger partial charge >= 0.3 is 0 Å². The van der Waals surface area contributed by atoms with Crippen molar-refractivity contribution in [3.8, 4) is 0 Å². The van der Waals surface area contributed by atoms with Crippen LogP contribution in [-0.2, 0) is 4.79 Å². The second-order valence-electron chi connectivity index (χ2n) is 5.61. The van der Waals surface area contributed by atoms with Crippen LogP contribution in [0.15, 0.2) is 0 Å². The number of thioether (sulfide) groups is 1. The van der Waals surface area contributed by atoms with E-state index in [1.807, 2.05) is 11.8 Å². The summed E-state index contributed by atoms with van der Waals surface area (Å²) in [7, 11) is 0. The largest absolute Gasteiger partial charge is 0.349 e. The van der Waals surface area contributed by atoms with Crippen LogP contribution in [0.1, 0.15) is 51.9 Å². The van der Waals surface area contributed by atoms with E-state index >= 15 is 0 Å². The molecule has 1 saturated carbocycles. The Labute approximate surface area is 117 Å². The smallest absolute Gasteiger partial charge is 0.236 e. The lowest BCUT2D eigenvalue weighted by molar-refractivity contribution is -0.125. The maximum Gasteiger partial charge on any atom is 0.236 e. The minimum absolute atomic E-state index is 0.0293. The van der Waals surface area contributed by atoms with Gasteiger partial charge < -0.3 is 5.32 Å². The molecule has 0 radical (unpaired) electrons. The minimum Gasteiger partial charge on any atom is -0.349 e. The predicted octanol–water partition coefficient (Wildman–Crippen LogP) is 3.49.